The van der Waals surface area contributed by atoms with Gasteiger partial charge in [0.05, 0.1) is 18.9 Å². The summed E-state index contributed by atoms with van der Waals surface area (Å²) in [6.07, 6.45) is 2.79. The van der Waals surface area contributed by atoms with Crippen LogP contribution >= 0.6 is 0 Å². The predicted octanol–water partition coefficient (Wildman–Crippen LogP) is 2.86. The molecule has 1 heterocycles. The van der Waals surface area contributed by atoms with Crippen molar-refractivity contribution in [2.75, 3.05) is 27.2 Å². The van der Waals surface area contributed by atoms with Gasteiger partial charge in [-0.15, -0.1) is 0 Å². The second-order valence-corrected chi connectivity index (χ2v) is 5.56. The first-order chi connectivity index (χ1) is 11.2. The number of furan rings is 1. The van der Waals surface area contributed by atoms with Gasteiger partial charge in [0.25, 0.3) is 0 Å². The number of carbonyl (C=O) groups excluding carboxylic acids is 1. The number of hydrogen-bond acceptors (Lipinski definition) is 4. The summed E-state index contributed by atoms with van der Waals surface area (Å²) in [7, 11) is 3.93. The molecule has 5 heteroatoms. The summed E-state index contributed by atoms with van der Waals surface area (Å²) in [6, 6.07) is 13.4. The molecule has 1 N–H and O–H groups in total. The van der Waals surface area contributed by atoms with Gasteiger partial charge in [0.1, 0.15) is 11.5 Å². The summed E-state index contributed by atoms with van der Waals surface area (Å²) in [4.78, 5) is 14.0. The SMILES string of the molecule is CN(C)[C@H](CNC(=O)CCCOc1ccccc1)c1ccco1. The zero-order valence-electron chi connectivity index (χ0n) is 13.7. The van der Waals surface area contributed by atoms with Crippen LogP contribution in [0.25, 0.3) is 0 Å². The molecule has 0 bridgehead atoms. The summed E-state index contributed by atoms with van der Waals surface area (Å²) in [5.74, 6) is 1.71. The summed E-state index contributed by atoms with van der Waals surface area (Å²) >= 11 is 0. The maximum absolute atomic E-state index is 11.9. The molecular formula is C18H24N2O3. The zero-order chi connectivity index (χ0) is 16.5. The average molecular weight is 316 g/mol. The number of amides is 1. The fraction of sp³-hybridized carbons (Fsp3) is 0.389. The maximum Gasteiger partial charge on any atom is 0.220 e. The quantitative estimate of drug-likeness (QED) is 0.723. The number of rotatable bonds is 9. The number of carbonyl (C=O) groups is 1. The first-order valence-corrected chi connectivity index (χ1v) is 7.81. The lowest BCUT2D eigenvalue weighted by molar-refractivity contribution is -0.121. The van der Waals surface area contributed by atoms with Gasteiger partial charge in [-0.2, -0.15) is 0 Å². The highest BCUT2D eigenvalue weighted by Crippen LogP contribution is 2.17. The van der Waals surface area contributed by atoms with Gasteiger partial charge in [-0.1, -0.05) is 18.2 Å². The first kappa shape index (κ1) is 17.1. The predicted molar refractivity (Wildman–Crippen MR) is 89.3 cm³/mol. The van der Waals surface area contributed by atoms with Crippen LogP contribution in [-0.2, 0) is 4.79 Å². The largest absolute Gasteiger partial charge is 0.494 e. The third kappa shape index (κ3) is 5.79. The normalized spacial score (nSPS) is 12.1. The second kappa shape index (κ2) is 9.00. The molecule has 1 aromatic carbocycles. The fourth-order valence-electron chi connectivity index (χ4n) is 2.26. The lowest BCUT2D eigenvalue weighted by Crippen LogP contribution is -2.34. The van der Waals surface area contributed by atoms with Crippen molar-refractivity contribution < 1.29 is 13.9 Å². The molecule has 0 aliphatic heterocycles. The number of para-hydroxylation sites is 1. The number of likely N-dealkylation sites (N-methyl/N-ethyl adjacent to an activating group) is 1. The molecule has 5 nitrogen and oxygen atoms in total. The monoisotopic (exact) mass is 316 g/mol. The second-order valence-electron chi connectivity index (χ2n) is 5.56. The Hall–Kier alpha value is -2.27. The molecule has 0 unspecified atom stereocenters. The molecule has 0 saturated heterocycles. The van der Waals surface area contributed by atoms with Crippen LogP contribution in [0.3, 0.4) is 0 Å². The van der Waals surface area contributed by atoms with Crippen LogP contribution in [0.5, 0.6) is 5.75 Å². The molecule has 1 aromatic heterocycles. The van der Waals surface area contributed by atoms with Gasteiger partial charge in [0.2, 0.25) is 5.91 Å². The van der Waals surface area contributed by atoms with E-state index in [4.69, 9.17) is 9.15 Å². The molecular weight excluding hydrogens is 292 g/mol. The molecule has 0 aliphatic carbocycles. The van der Waals surface area contributed by atoms with E-state index < -0.39 is 0 Å². The first-order valence-electron chi connectivity index (χ1n) is 7.81. The molecule has 1 amide bonds. The minimum absolute atomic E-state index is 0.0278. The van der Waals surface area contributed by atoms with Crippen molar-refractivity contribution in [1.82, 2.24) is 10.2 Å². The van der Waals surface area contributed by atoms with Crippen LogP contribution in [0.15, 0.2) is 53.1 Å². The highest BCUT2D eigenvalue weighted by molar-refractivity contribution is 5.75. The van der Waals surface area contributed by atoms with Crippen molar-refractivity contribution in [2.45, 2.75) is 18.9 Å². The molecule has 1 atom stereocenters. The number of nitrogens with one attached hydrogen (secondary N) is 1. The molecule has 0 aliphatic rings. The third-order valence-electron chi connectivity index (χ3n) is 3.55. The molecule has 124 valence electrons. The van der Waals surface area contributed by atoms with Crippen molar-refractivity contribution in [3.05, 3.63) is 54.5 Å². The summed E-state index contributed by atoms with van der Waals surface area (Å²) < 4.78 is 11.0. The van der Waals surface area contributed by atoms with Crippen molar-refractivity contribution in [1.29, 1.82) is 0 Å². The van der Waals surface area contributed by atoms with E-state index in [1.807, 2.05) is 61.5 Å². The Morgan fingerprint density at radius 3 is 2.65 bits per heavy atom. The number of hydrogen-bond donors (Lipinski definition) is 1. The summed E-state index contributed by atoms with van der Waals surface area (Å²) in [5.41, 5.74) is 0. The smallest absolute Gasteiger partial charge is 0.220 e. The zero-order valence-corrected chi connectivity index (χ0v) is 13.7. The Labute approximate surface area is 137 Å². The minimum atomic E-state index is 0.0278. The Bertz CT molecular complexity index is 567. The Balaban J connectivity index is 1.66. The average Bonchev–Trinajstić information content (AvgIpc) is 3.06. The van der Waals surface area contributed by atoms with E-state index in [9.17, 15) is 4.79 Å². The lowest BCUT2D eigenvalue weighted by Gasteiger charge is -2.22. The van der Waals surface area contributed by atoms with E-state index in [0.717, 1.165) is 11.5 Å². The fourth-order valence-corrected chi connectivity index (χ4v) is 2.26. The minimum Gasteiger partial charge on any atom is -0.494 e. The van der Waals surface area contributed by atoms with Crippen LogP contribution in [0.2, 0.25) is 0 Å². The molecule has 0 spiro atoms. The van der Waals surface area contributed by atoms with E-state index in [1.54, 1.807) is 6.26 Å². The molecule has 0 saturated carbocycles. The van der Waals surface area contributed by atoms with Crippen molar-refractivity contribution in [3.8, 4) is 5.75 Å². The highest BCUT2D eigenvalue weighted by atomic mass is 16.5. The number of nitrogens with zero attached hydrogens (tertiary/aromatic N) is 1. The van der Waals surface area contributed by atoms with Crippen molar-refractivity contribution >= 4 is 5.91 Å². The molecule has 2 rings (SSSR count). The van der Waals surface area contributed by atoms with Gasteiger partial charge >= 0.3 is 0 Å². The van der Waals surface area contributed by atoms with E-state index in [-0.39, 0.29) is 11.9 Å². The van der Waals surface area contributed by atoms with Crippen LogP contribution < -0.4 is 10.1 Å². The van der Waals surface area contributed by atoms with Crippen LogP contribution in [0, 0.1) is 0 Å². The van der Waals surface area contributed by atoms with E-state index >= 15 is 0 Å². The van der Waals surface area contributed by atoms with E-state index in [1.165, 1.54) is 0 Å². The Morgan fingerprint density at radius 1 is 1.22 bits per heavy atom. The number of benzene rings is 1. The van der Waals surface area contributed by atoms with E-state index in [2.05, 4.69) is 5.32 Å². The van der Waals surface area contributed by atoms with Gasteiger partial charge < -0.3 is 14.5 Å². The maximum atomic E-state index is 11.9. The standard InChI is InChI=1S/C18H24N2O3/c1-20(2)16(17-10-6-13-23-17)14-19-18(21)11-7-12-22-15-8-4-3-5-9-15/h3-6,8-10,13,16H,7,11-12,14H2,1-2H3,(H,19,21)/t16-/m1/s1. The summed E-state index contributed by atoms with van der Waals surface area (Å²) in [6.45, 7) is 1.06. The highest BCUT2D eigenvalue weighted by Gasteiger charge is 2.17. The summed E-state index contributed by atoms with van der Waals surface area (Å²) in [5, 5.41) is 2.95. The van der Waals surface area contributed by atoms with Crippen LogP contribution in [-0.4, -0.2) is 38.1 Å². The Morgan fingerprint density at radius 2 is 2.00 bits per heavy atom. The van der Waals surface area contributed by atoms with Crippen molar-refractivity contribution in [3.63, 3.8) is 0 Å². The van der Waals surface area contributed by atoms with Gasteiger partial charge in [0.15, 0.2) is 0 Å². The number of ether oxygens (including phenoxy) is 1. The van der Waals surface area contributed by atoms with E-state index in [0.29, 0.717) is 26.0 Å². The van der Waals surface area contributed by atoms with Crippen LogP contribution in [0.1, 0.15) is 24.6 Å². The van der Waals surface area contributed by atoms with Gasteiger partial charge in [0, 0.05) is 13.0 Å². The molecule has 2 aromatic rings. The lowest BCUT2D eigenvalue weighted by atomic mass is 10.2. The topological polar surface area (TPSA) is 54.7 Å². The molecule has 0 fully saturated rings. The Kier molecular flexibility index (Phi) is 6.69. The van der Waals surface area contributed by atoms with Gasteiger partial charge in [-0.05, 0) is 44.8 Å². The molecule has 23 heavy (non-hydrogen) atoms. The van der Waals surface area contributed by atoms with Gasteiger partial charge in [-0.3, -0.25) is 9.69 Å². The van der Waals surface area contributed by atoms with Gasteiger partial charge in [-0.25, -0.2) is 0 Å². The van der Waals surface area contributed by atoms with Crippen molar-refractivity contribution in [2.24, 2.45) is 0 Å². The third-order valence-corrected chi connectivity index (χ3v) is 3.55. The van der Waals surface area contributed by atoms with Crippen LogP contribution in [0.4, 0.5) is 0 Å². The molecule has 0 radical (unpaired) electrons.